The third-order valence-corrected chi connectivity index (χ3v) is 4.39. The number of benzene rings is 1. The molecule has 1 rings (SSSR count). The van der Waals surface area contributed by atoms with Gasteiger partial charge in [0.05, 0.1) is 20.2 Å². The SMILES string of the molecule is C=S(=O)(NC)c1ccc(C(C)C)cc1C(F)(F)F. The lowest BCUT2D eigenvalue weighted by Crippen LogP contribution is -2.22. The van der Waals surface area contributed by atoms with E-state index in [2.05, 4.69) is 10.6 Å². The van der Waals surface area contributed by atoms with Gasteiger partial charge in [0.15, 0.2) is 0 Å². The van der Waals surface area contributed by atoms with E-state index >= 15 is 0 Å². The van der Waals surface area contributed by atoms with E-state index in [9.17, 15) is 17.4 Å². The molecular weight excluding hydrogens is 263 g/mol. The molecular formula is C12H16F3NOS. The average Bonchev–Trinajstić information content (AvgIpc) is 2.27. The first-order valence-corrected chi connectivity index (χ1v) is 7.09. The number of alkyl halides is 3. The first-order valence-electron chi connectivity index (χ1n) is 5.36. The smallest absolute Gasteiger partial charge is 0.248 e. The summed E-state index contributed by atoms with van der Waals surface area (Å²) in [4.78, 5) is -0.304. The van der Waals surface area contributed by atoms with Gasteiger partial charge in [-0.2, -0.15) is 13.2 Å². The maximum Gasteiger partial charge on any atom is 0.417 e. The van der Waals surface area contributed by atoms with Gasteiger partial charge in [0, 0.05) is 0 Å². The lowest BCUT2D eigenvalue weighted by molar-refractivity contribution is -0.139. The molecule has 0 fully saturated rings. The van der Waals surface area contributed by atoms with Crippen LogP contribution in [0.3, 0.4) is 0 Å². The van der Waals surface area contributed by atoms with Crippen molar-refractivity contribution in [1.29, 1.82) is 0 Å². The van der Waals surface area contributed by atoms with Crippen LogP contribution in [0, 0.1) is 0 Å². The Morgan fingerprint density at radius 2 is 1.89 bits per heavy atom. The monoisotopic (exact) mass is 279 g/mol. The Hall–Kier alpha value is -1.01. The van der Waals surface area contributed by atoms with Gasteiger partial charge in [0.25, 0.3) is 0 Å². The summed E-state index contributed by atoms with van der Waals surface area (Å²) in [6.07, 6.45) is -4.54. The Kier molecular flexibility index (Phi) is 4.12. The summed E-state index contributed by atoms with van der Waals surface area (Å²) in [6, 6.07) is 3.84. The molecule has 1 N–H and O–H groups in total. The Balaban J connectivity index is 3.55. The molecule has 0 amide bonds. The molecule has 1 unspecified atom stereocenters. The Bertz CT molecular complexity index is 533. The predicted molar refractivity (Wildman–Crippen MR) is 68.1 cm³/mol. The molecule has 2 nitrogen and oxygen atoms in total. The third kappa shape index (κ3) is 3.05. The molecule has 0 heterocycles. The van der Waals surface area contributed by atoms with Gasteiger partial charge in [-0.25, -0.2) is 8.93 Å². The largest absolute Gasteiger partial charge is 0.417 e. The van der Waals surface area contributed by atoms with Gasteiger partial charge < -0.3 is 0 Å². The summed E-state index contributed by atoms with van der Waals surface area (Å²) >= 11 is 0. The van der Waals surface area contributed by atoms with Crippen LogP contribution in [-0.4, -0.2) is 17.1 Å². The molecule has 6 heteroatoms. The van der Waals surface area contributed by atoms with Gasteiger partial charge in [0.1, 0.15) is 0 Å². The van der Waals surface area contributed by atoms with Crippen LogP contribution in [0.2, 0.25) is 0 Å². The lowest BCUT2D eigenvalue weighted by atomic mass is 10.0. The number of hydrogen-bond donors (Lipinski definition) is 1. The third-order valence-electron chi connectivity index (χ3n) is 2.66. The van der Waals surface area contributed by atoms with Crippen molar-refractivity contribution in [2.24, 2.45) is 0 Å². The molecule has 1 aromatic carbocycles. The van der Waals surface area contributed by atoms with Crippen molar-refractivity contribution in [3.63, 3.8) is 0 Å². The summed E-state index contributed by atoms with van der Waals surface area (Å²) < 4.78 is 53.3. The van der Waals surface area contributed by atoms with Crippen LogP contribution in [-0.2, 0) is 15.9 Å². The van der Waals surface area contributed by atoms with Crippen LogP contribution in [0.4, 0.5) is 13.2 Å². The first-order chi connectivity index (χ1) is 8.09. The summed E-state index contributed by atoms with van der Waals surface area (Å²) in [5.74, 6) is 3.29. The fraction of sp³-hybridized carbons (Fsp3) is 0.417. The quantitative estimate of drug-likeness (QED) is 0.847. The highest BCUT2D eigenvalue weighted by atomic mass is 32.2. The Morgan fingerprint density at radius 1 is 1.33 bits per heavy atom. The number of nitrogens with one attached hydrogen (secondary N) is 1. The second-order valence-corrected chi connectivity index (χ2v) is 6.49. The van der Waals surface area contributed by atoms with Crippen LogP contribution >= 0.6 is 0 Å². The molecule has 0 saturated heterocycles. The summed E-state index contributed by atoms with van der Waals surface area (Å²) in [5.41, 5.74) is -0.333. The topological polar surface area (TPSA) is 29.1 Å². The van der Waals surface area contributed by atoms with Crippen molar-refractivity contribution >= 4 is 15.6 Å². The molecule has 0 aromatic heterocycles. The number of hydrogen-bond acceptors (Lipinski definition) is 1. The van der Waals surface area contributed by atoms with Gasteiger partial charge in [-0.15, -0.1) is 0 Å². The molecule has 0 aliphatic heterocycles. The molecule has 0 aliphatic carbocycles. The normalized spacial score (nSPS) is 15.7. The van der Waals surface area contributed by atoms with E-state index in [0.29, 0.717) is 5.56 Å². The zero-order valence-corrected chi connectivity index (χ0v) is 11.3. The van der Waals surface area contributed by atoms with Gasteiger partial charge in [-0.1, -0.05) is 19.9 Å². The fourth-order valence-corrected chi connectivity index (χ4v) is 2.56. The second kappa shape index (κ2) is 4.93. The summed E-state index contributed by atoms with van der Waals surface area (Å²) in [5, 5.41) is 0. The molecule has 102 valence electrons. The predicted octanol–water partition coefficient (Wildman–Crippen LogP) is 3.04. The Morgan fingerprint density at radius 3 is 2.28 bits per heavy atom. The highest BCUT2D eigenvalue weighted by Gasteiger charge is 2.35. The van der Waals surface area contributed by atoms with E-state index in [-0.39, 0.29) is 10.8 Å². The number of rotatable bonds is 3. The van der Waals surface area contributed by atoms with Crippen molar-refractivity contribution in [2.45, 2.75) is 30.8 Å². The zero-order chi connectivity index (χ0) is 14.1. The molecule has 0 saturated carbocycles. The molecule has 0 aliphatic rings. The minimum Gasteiger partial charge on any atom is -0.248 e. The Labute approximate surface area is 105 Å². The highest BCUT2D eigenvalue weighted by molar-refractivity contribution is 7.98. The minimum atomic E-state index is -4.54. The summed E-state index contributed by atoms with van der Waals surface area (Å²) in [7, 11) is -1.80. The fourth-order valence-electron chi connectivity index (χ4n) is 1.53. The molecule has 1 aromatic rings. The van der Waals surface area contributed by atoms with E-state index < -0.39 is 21.4 Å². The maximum atomic E-state index is 13.0. The first kappa shape index (κ1) is 15.0. The number of halogens is 3. The van der Waals surface area contributed by atoms with Crippen LogP contribution < -0.4 is 4.72 Å². The van der Waals surface area contributed by atoms with Crippen molar-refractivity contribution in [3.8, 4) is 0 Å². The van der Waals surface area contributed by atoms with Gasteiger partial charge in [0.2, 0.25) is 0 Å². The van der Waals surface area contributed by atoms with E-state index in [1.165, 1.54) is 13.1 Å². The average molecular weight is 279 g/mol. The maximum absolute atomic E-state index is 13.0. The molecule has 1 atom stereocenters. The molecule has 0 bridgehead atoms. The summed E-state index contributed by atoms with van der Waals surface area (Å²) in [6.45, 7) is 3.60. The van der Waals surface area contributed by atoms with Crippen molar-refractivity contribution in [3.05, 3.63) is 29.3 Å². The second-order valence-electron chi connectivity index (χ2n) is 4.29. The van der Waals surface area contributed by atoms with E-state index in [1.54, 1.807) is 19.9 Å². The van der Waals surface area contributed by atoms with Gasteiger partial charge >= 0.3 is 6.18 Å². The molecule has 0 radical (unpaired) electrons. The van der Waals surface area contributed by atoms with E-state index in [1.807, 2.05) is 0 Å². The van der Waals surface area contributed by atoms with E-state index in [0.717, 1.165) is 6.07 Å². The van der Waals surface area contributed by atoms with Crippen LogP contribution in [0.15, 0.2) is 23.1 Å². The highest BCUT2D eigenvalue weighted by Crippen LogP contribution is 2.35. The van der Waals surface area contributed by atoms with Crippen LogP contribution in [0.1, 0.15) is 30.9 Å². The minimum absolute atomic E-state index is 0.0318. The van der Waals surface area contributed by atoms with Gasteiger partial charge in [-0.3, -0.25) is 0 Å². The standard InChI is InChI=1S/C12H16F3NOS/c1-8(2)9-5-6-11(18(4,17)16-3)10(7-9)12(13,14)15/h5-8H,4H2,1-3H3,(H,16,17). The lowest BCUT2D eigenvalue weighted by Gasteiger charge is -2.18. The van der Waals surface area contributed by atoms with Crippen molar-refractivity contribution in [2.75, 3.05) is 7.05 Å². The molecule has 18 heavy (non-hydrogen) atoms. The van der Waals surface area contributed by atoms with Gasteiger partial charge in [-0.05, 0) is 36.5 Å². The molecule has 0 spiro atoms. The van der Waals surface area contributed by atoms with Crippen molar-refractivity contribution < 1.29 is 17.4 Å². The van der Waals surface area contributed by atoms with Crippen LogP contribution in [0.25, 0.3) is 0 Å². The van der Waals surface area contributed by atoms with E-state index in [4.69, 9.17) is 0 Å². The van der Waals surface area contributed by atoms with Crippen molar-refractivity contribution in [1.82, 2.24) is 4.72 Å². The van der Waals surface area contributed by atoms with Crippen LogP contribution in [0.5, 0.6) is 0 Å². The zero-order valence-electron chi connectivity index (χ0n) is 10.5.